The van der Waals surface area contributed by atoms with Crippen LogP contribution in [-0.4, -0.2) is 45.2 Å². The number of thiophene rings is 1. The van der Waals surface area contributed by atoms with Crippen molar-refractivity contribution in [2.24, 2.45) is 5.41 Å². The highest BCUT2D eigenvalue weighted by molar-refractivity contribution is 7.14. The van der Waals surface area contributed by atoms with Crippen LogP contribution in [0.15, 0.2) is 35.8 Å². The van der Waals surface area contributed by atoms with Crippen LogP contribution in [0, 0.1) is 12.3 Å². The quantitative estimate of drug-likeness (QED) is 0.690. The van der Waals surface area contributed by atoms with Gasteiger partial charge in [0.1, 0.15) is 10.2 Å². The lowest BCUT2D eigenvalue weighted by Crippen LogP contribution is -2.52. The number of likely N-dealkylation sites (tertiary alicyclic amines) is 1. The number of pyridine rings is 1. The molecule has 1 saturated carbocycles. The Morgan fingerprint density at radius 2 is 2.14 bits per heavy atom. The van der Waals surface area contributed by atoms with Gasteiger partial charge in [-0.2, -0.15) is 0 Å². The van der Waals surface area contributed by atoms with Gasteiger partial charge in [-0.15, -0.1) is 11.3 Å². The summed E-state index contributed by atoms with van der Waals surface area (Å²) < 4.78 is 2.47. The summed E-state index contributed by atoms with van der Waals surface area (Å²) in [6.07, 6.45) is 4.69. The topological polar surface area (TPSA) is 66.7 Å². The van der Waals surface area contributed by atoms with Gasteiger partial charge in [-0.25, -0.2) is 4.98 Å². The molecule has 2 fully saturated rings. The predicted octanol–water partition coefficient (Wildman–Crippen LogP) is 3.78. The summed E-state index contributed by atoms with van der Waals surface area (Å²) in [5.41, 5.74) is 2.03. The third-order valence-electron chi connectivity index (χ3n) is 6.21. The van der Waals surface area contributed by atoms with E-state index in [4.69, 9.17) is 11.6 Å². The molecule has 1 spiro atoms. The maximum Gasteiger partial charge on any atom is 0.274 e. The van der Waals surface area contributed by atoms with Crippen LogP contribution in [0.25, 0.3) is 5.52 Å². The molecule has 29 heavy (non-hydrogen) atoms. The van der Waals surface area contributed by atoms with E-state index in [1.165, 1.54) is 11.3 Å². The van der Waals surface area contributed by atoms with Crippen LogP contribution in [0.3, 0.4) is 0 Å². The summed E-state index contributed by atoms with van der Waals surface area (Å²) in [5.74, 6) is 0.703. The van der Waals surface area contributed by atoms with E-state index >= 15 is 0 Å². The molecule has 0 aromatic carbocycles. The molecule has 4 heterocycles. The third kappa shape index (κ3) is 3.13. The predicted molar refractivity (Wildman–Crippen MR) is 113 cm³/mol. The normalized spacial score (nSPS) is 23.5. The van der Waals surface area contributed by atoms with Crippen LogP contribution < -0.4 is 5.32 Å². The number of aryl methyl sites for hydroxylation is 1. The number of nitrogens with zero attached hydrogens (tertiary/aromatic N) is 3. The lowest BCUT2D eigenvalue weighted by atomic mass is 9.65. The van der Waals surface area contributed by atoms with Gasteiger partial charge in [0.2, 0.25) is 0 Å². The van der Waals surface area contributed by atoms with Gasteiger partial charge in [0.05, 0.1) is 11.1 Å². The molecule has 0 bridgehead atoms. The Bertz CT molecular complexity index is 1120. The summed E-state index contributed by atoms with van der Waals surface area (Å²) in [7, 11) is 0. The standard InChI is InChI=1S/C21H21ClN4O2S/c1-13-23-17(16-4-2-3-7-26(13)16)20(28)25-8-6-21(12-25)10-14(11-21)24-19(27)15-5-9-29-18(15)22/h2-5,7,9,14H,6,8,10-12H2,1H3,(H,24,27). The minimum atomic E-state index is -0.109. The number of amides is 2. The number of halogens is 1. The van der Waals surface area contributed by atoms with Crippen molar-refractivity contribution in [3.63, 3.8) is 0 Å². The number of carbonyl (C=O) groups is 2. The molecule has 0 atom stereocenters. The van der Waals surface area contributed by atoms with Crippen molar-refractivity contribution < 1.29 is 9.59 Å². The van der Waals surface area contributed by atoms with Crippen LogP contribution in [0.1, 0.15) is 45.9 Å². The molecule has 3 aromatic heterocycles. The van der Waals surface area contributed by atoms with Crippen molar-refractivity contribution in [1.29, 1.82) is 0 Å². The Morgan fingerprint density at radius 1 is 1.31 bits per heavy atom. The van der Waals surface area contributed by atoms with Crippen LogP contribution in [0.2, 0.25) is 4.34 Å². The van der Waals surface area contributed by atoms with Crippen molar-refractivity contribution in [2.45, 2.75) is 32.2 Å². The molecule has 0 unspecified atom stereocenters. The lowest BCUT2D eigenvalue weighted by Gasteiger charge is -2.45. The molecule has 2 amide bonds. The van der Waals surface area contributed by atoms with E-state index in [1.54, 1.807) is 6.07 Å². The molecule has 5 rings (SSSR count). The highest BCUT2D eigenvalue weighted by atomic mass is 35.5. The minimum Gasteiger partial charge on any atom is -0.349 e. The summed E-state index contributed by atoms with van der Waals surface area (Å²) in [5, 5.41) is 4.90. The first-order valence-electron chi connectivity index (χ1n) is 9.73. The number of imidazole rings is 1. The summed E-state index contributed by atoms with van der Waals surface area (Å²) >= 11 is 7.42. The third-order valence-corrected chi connectivity index (χ3v) is 7.38. The fraction of sp³-hybridized carbons (Fsp3) is 0.381. The Balaban J connectivity index is 1.24. The highest BCUT2D eigenvalue weighted by Crippen LogP contribution is 2.48. The highest BCUT2D eigenvalue weighted by Gasteiger charge is 2.50. The van der Waals surface area contributed by atoms with Gasteiger partial charge >= 0.3 is 0 Å². The van der Waals surface area contributed by atoms with Crippen LogP contribution >= 0.6 is 22.9 Å². The number of nitrogens with one attached hydrogen (secondary N) is 1. The SMILES string of the molecule is Cc1nc(C(=O)N2CCC3(CC(NC(=O)c4ccsc4Cl)C3)C2)c2ccccn12. The Morgan fingerprint density at radius 3 is 2.90 bits per heavy atom. The van der Waals surface area contributed by atoms with Gasteiger partial charge < -0.3 is 14.6 Å². The summed E-state index contributed by atoms with van der Waals surface area (Å²) in [6, 6.07) is 7.70. The van der Waals surface area contributed by atoms with Crippen LogP contribution in [-0.2, 0) is 0 Å². The fourth-order valence-corrected chi connectivity index (χ4v) is 5.66. The van der Waals surface area contributed by atoms with Gasteiger partial charge in [0, 0.05) is 25.3 Å². The van der Waals surface area contributed by atoms with Crippen LogP contribution in [0.4, 0.5) is 0 Å². The number of rotatable bonds is 3. The van der Waals surface area contributed by atoms with Crippen molar-refractivity contribution in [1.82, 2.24) is 19.6 Å². The first-order valence-corrected chi connectivity index (χ1v) is 11.0. The molecule has 3 aromatic rings. The first-order chi connectivity index (χ1) is 14.0. The molecular weight excluding hydrogens is 408 g/mol. The molecule has 0 radical (unpaired) electrons. The summed E-state index contributed by atoms with van der Waals surface area (Å²) in [4.78, 5) is 31.9. The zero-order chi connectivity index (χ0) is 20.2. The molecular formula is C21H21ClN4O2S. The second-order valence-electron chi connectivity index (χ2n) is 8.13. The van der Waals surface area contributed by atoms with E-state index in [0.717, 1.165) is 43.7 Å². The average molecular weight is 429 g/mol. The largest absolute Gasteiger partial charge is 0.349 e. The minimum absolute atomic E-state index is 0.00350. The Hall–Kier alpha value is -2.38. The fourth-order valence-electron chi connectivity index (χ4n) is 4.75. The van der Waals surface area contributed by atoms with Gasteiger partial charge in [-0.05, 0) is 55.2 Å². The van der Waals surface area contributed by atoms with E-state index in [1.807, 2.05) is 46.0 Å². The van der Waals surface area contributed by atoms with E-state index in [0.29, 0.717) is 15.6 Å². The summed E-state index contributed by atoms with van der Waals surface area (Å²) in [6.45, 7) is 3.37. The molecule has 6 nitrogen and oxygen atoms in total. The maximum absolute atomic E-state index is 13.1. The van der Waals surface area contributed by atoms with Gasteiger partial charge in [-0.1, -0.05) is 17.7 Å². The number of hydrogen-bond acceptors (Lipinski definition) is 4. The molecule has 8 heteroatoms. The van der Waals surface area contributed by atoms with Gasteiger partial charge in [0.25, 0.3) is 11.8 Å². The Kier molecular flexibility index (Phi) is 4.40. The number of hydrogen-bond donors (Lipinski definition) is 1. The van der Waals surface area contributed by atoms with Crippen LogP contribution in [0.5, 0.6) is 0 Å². The molecule has 2 aliphatic rings. The molecule has 1 saturated heterocycles. The van der Waals surface area contributed by atoms with Crippen molar-refractivity contribution in [3.05, 3.63) is 57.3 Å². The zero-order valence-corrected chi connectivity index (χ0v) is 17.6. The van der Waals surface area contributed by atoms with E-state index in [-0.39, 0.29) is 23.3 Å². The van der Waals surface area contributed by atoms with E-state index < -0.39 is 0 Å². The zero-order valence-electron chi connectivity index (χ0n) is 16.0. The first kappa shape index (κ1) is 18.6. The maximum atomic E-state index is 13.1. The lowest BCUT2D eigenvalue weighted by molar-refractivity contribution is 0.0608. The smallest absolute Gasteiger partial charge is 0.274 e. The monoisotopic (exact) mass is 428 g/mol. The average Bonchev–Trinajstić information content (AvgIpc) is 3.39. The van der Waals surface area contributed by atoms with Crippen molar-refractivity contribution in [3.8, 4) is 0 Å². The van der Waals surface area contributed by atoms with E-state index in [9.17, 15) is 9.59 Å². The molecule has 1 aliphatic carbocycles. The second-order valence-corrected chi connectivity index (χ2v) is 9.65. The molecule has 1 aliphatic heterocycles. The molecule has 150 valence electrons. The number of aromatic nitrogens is 2. The van der Waals surface area contributed by atoms with Crippen molar-refractivity contribution in [2.75, 3.05) is 13.1 Å². The number of fused-ring (bicyclic) bond motifs is 1. The van der Waals surface area contributed by atoms with E-state index in [2.05, 4.69) is 10.3 Å². The van der Waals surface area contributed by atoms with Gasteiger partial charge in [-0.3, -0.25) is 9.59 Å². The Labute approximate surface area is 177 Å². The number of carbonyl (C=O) groups excluding carboxylic acids is 2. The second kappa shape index (κ2) is 6.85. The molecule has 1 N–H and O–H groups in total. The van der Waals surface area contributed by atoms with Crippen molar-refractivity contribution >= 4 is 40.3 Å². The van der Waals surface area contributed by atoms with Gasteiger partial charge in [0.15, 0.2) is 5.69 Å².